The second-order valence-electron chi connectivity index (χ2n) is 6.13. The van der Waals surface area contributed by atoms with E-state index in [1.165, 1.54) is 12.8 Å². The Morgan fingerprint density at radius 2 is 2.19 bits per heavy atom. The predicted molar refractivity (Wildman–Crippen MR) is 107 cm³/mol. The van der Waals surface area contributed by atoms with Crippen LogP contribution >= 0.6 is 0 Å². The summed E-state index contributed by atoms with van der Waals surface area (Å²) in [7, 11) is 2.06. The first-order valence-electron chi connectivity index (χ1n) is 9.17. The van der Waals surface area contributed by atoms with Gasteiger partial charge in [0.25, 0.3) is 5.91 Å². The van der Waals surface area contributed by atoms with Crippen molar-refractivity contribution in [1.29, 1.82) is 0 Å². The molecule has 144 valence electrons. The largest absolute Gasteiger partial charge is 0.484 e. The topological polar surface area (TPSA) is 79.9 Å². The summed E-state index contributed by atoms with van der Waals surface area (Å²) >= 11 is 0. The second-order valence-corrected chi connectivity index (χ2v) is 6.13. The molecule has 0 saturated carbocycles. The van der Waals surface area contributed by atoms with Gasteiger partial charge >= 0.3 is 0 Å². The van der Waals surface area contributed by atoms with Crippen molar-refractivity contribution in [1.82, 2.24) is 10.2 Å². The minimum absolute atomic E-state index is 0.121. The normalized spacial score (nSPS) is 11.1. The predicted octanol–water partition coefficient (Wildman–Crippen LogP) is 2.69. The number of hydrogen-bond donors (Lipinski definition) is 2. The number of unbranched alkanes of at least 4 members (excludes halogenated alkanes) is 3. The van der Waals surface area contributed by atoms with Crippen LogP contribution in [0.25, 0.3) is 0 Å². The van der Waals surface area contributed by atoms with E-state index in [0.29, 0.717) is 12.3 Å². The Labute approximate surface area is 157 Å². The van der Waals surface area contributed by atoms with E-state index in [4.69, 9.17) is 15.5 Å². The van der Waals surface area contributed by atoms with Crippen LogP contribution in [-0.4, -0.2) is 43.5 Å². The fourth-order valence-corrected chi connectivity index (χ4v) is 2.44. The van der Waals surface area contributed by atoms with E-state index in [-0.39, 0.29) is 6.61 Å². The van der Waals surface area contributed by atoms with Crippen molar-refractivity contribution >= 4 is 11.9 Å². The number of guanidine groups is 1. The molecular formula is C20H32N4O2. The molecule has 0 radical (unpaired) electrons. The number of nitrogens with two attached hydrogens (primary N) is 1. The SMILES string of the molecule is C=CCCCCCN(C)C(=NCc1cccc(OCC(N)=O)c1)NCC. The third kappa shape index (κ3) is 9.11. The van der Waals surface area contributed by atoms with Crippen molar-refractivity contribution in [2.75, 3.05) is 26.7 Å². The fraction of sp³-hybridized carbons (Fsp3) is 0.500. The fourth-order valence-electron chi connectivity index (χ4n) is 2.44. The van der Waals surface area contributed by atoms with Crippen molar-refractivity contribution in [3.8, 4) is 5.75 Å². The van der Waals surface area contributed by atoms with Crippen molar-refractivity contribution in [3.63, 3.8) is 0 Å². The summed E-state index contributed by atoms with van der Waals surface area (Å²) in [6.45, 7) is 8.02. The molecule has 0 unspecified atom stereocenters. The Morgan fingerprint density at radius 1 is 1.38 bits per heavy atom. The average Bonchev–Trinajstić information content (AvgIpc) is 2.63. The summed E-state index contributed by atoms with van der Waals surface area (Å²) in [6, 6.07) is 7.55. The number of hydrogen-bond acceptors (Lipinski definition) is 3. The van der Waals surface area contributed by atoms with E-state index in [9.17, 15) is 4.79 Å². The van der Waals surface area contributed by atoms with E-state index in [1.54, 1.807) is 6.07 Å². The van der Waals surface area contributed by atoms with Gasteiger partial charge in [-0.1, -0.05) is 24.6 Å². The molecule has 0 aliphatic rings. The number of rotatable bonds is 12. The number of nitrogens with one attached hydrogen (secondary N) is 1. The smallest absolute Gasteiger partial charge is 0.255 e. The molecule has 6 heteroatoms. The number of carbonyl (C=O) groups is 1. The zero-order valence-electron chi connectivity index (χ0n) is 16.0. The van der Waals surface area contributed by atoms with Gasteiger partial charge in [0.1, 0.15) is 5.75 Å². The Morgan fingerprint density at radius 3 is 2.88 bits per heavy atom. The molecule has 1 rings (SSSR count). The Kier molecular flexibility index (Phi) is 10.6. The van der Waals surface area contributed by atoms with Gasteiger partial charge in [-0.25, -0.2) is 4.99 Å². The van der Waals surface area contributed by atoms with Gasteiger partial charge < -0.3 is 20.7 Å². The summed E-state index contributed by atoms with van der Waals surface area (Å²) in [5, 5.41) is 3.33. The molecule has 6 nitrogen and oxygen atoms in total. The van der Waals surface area contributed by atoms with Crippen molar-refractivity contribution in [2.45, 2.75) is 39.2 Å². The van der Waals surface area contributed by atoms with E-state index in [2.05, 4.69) is 30.8 Å². The third-order valence-corrected chi connectivity index (χ3v) is 3.79. The summed E-state index contributed by atoms with van der Waals surface area (Å²) in [5.41, 5.74) is 6.12. The molecule has 1 amide bonds. The third-order valence-electron chi connectivity index (χ3n) is 3.79. The van der Waals surface area contributed by atoms with Crippen LogP contribution in [0.3, 0.4) is 0 Å². The standard InChI is InChI=1S/C20H32N4O2/c1-4-6-7-8-9-13-24(3)20(22-5-2)23-15-17-11-10-12-18(14-17)26-16-19(21)25/h4,10-12,14H,1,5-9,13,15-16H2,2-3H3,(H2,21,25)(H,22,23). The van der Waals surface area contributed by atoms with Crippen molar-refractivity contribution in [3.05, 3.63) is 42.5 Å². The molecule has 0 saturated heterocycles. The second kappa shape index (κ2) is 12.8. The summed E-state index contributed by atoms with van der Waals surface area (Å²) in [4.78, 5) is 17.7. The molecule has 26 heavy (non-hydrogen) atoms. The highest BCUT2D eigenvalue weighted by Crippen LogP contribution is 2.14. The van der Waals surface area contributed by atoms with E-state index < -0.39 is 5.91 Å². The van der Waals surface area contributed by atoms with Crippen molar-refractivity contribution < 1.29 is 9.53 Å². The summed E-state index contributed by atoms with van der Waals surface area (Å²) in [5.74, 6) is 1.02. The van der Waals surface area contributed by atoms with Gasteiger partial charge in [0, 0.05) is 20.1 Å². The molecule has 0 atom stereocenters. The molecule has 1 aromatic carbocycles. The van der Waals surface area contributed by atoms with E-state index in [0.717, 1.165) is 37.5 Å². The minimum atomic E-state index is -0.488. The number of amides is 1. The molecule has 0 fully saturated rings. The highest BCUT2D eigenvalue weighted by molar-refractivity contribution is 5.79. The quantitative estimate of drug-likeness (QED) is 0.260. The van der Waals surface area contributed by atoms with Gasteiger partial charge in [-0.3, -0.25) is 4.79 Å². The Hall–Kier alpha value is -2.50. The van der Waals surface area contributed by atoms with Gasteiger partial charge in [-0.15, -0.1) is 6.58 Å². The molecule has 1 aromatic rings. The average molecular weight is 361 g/mol. The van der Waals surface area contributed by atoms with Gasteiger partial charge in [0.2, 0.25) is 0 Å². The summed E-state index contributed by atoms with van der Waals surface area (Å²) in [6.07, 6.45) is 6.55. The van der Waals surface area contributed by atoms with Crippen LogP contribution in [0.1, 0.15) is 38.2 Å². The first-order chi connectivity index (χ1) is 12.6. The monoisotopic (exact) mass is 360 g/mol. The molecule has 0 bridgehead atoms. The van der Waals surface area contributed by atoms with Crippen LogP contribution in [0.15, 0.2) is 41.9 Å². The van der Waals surface area contributed by atoms with Crippen LogP contribution in [0, 0.1) is 0 Å². The molecular weight excluding hydrogens is 328 g/mol. The van der Waals surface area contributed by atoms with E-state index in [1.807, 2.05) is 24.3 Å². The Balaban J connectivity index is 2.60. The molecule has 3 N–H and O–H groups in total. The van der Waals surface area contributed by atoms with Crippen LogP contribution in [-0.2, 0) is 11.3 Å². The lowest BCUT2D eigenvalue weighted by Gasteiger charge is -2.22. The number of primary amides is 1. The first-order valence-corrected chi connectivity index (χ1v) is 9.17. The zero-order chi connectivity index (χ0) is 19.2. The number of aliphatic imine (C=N–C) groups is 1. The Bertz CT molecular complexity index is 587. The summed E-state index contributed by atoms with van der Waals surface area (Å²) < 4.78 is 5.34. The number of allylic oxidation sites excluding steroid dienone is 1. The number of ether oxygens (including phenoxy) is 1. The van der Waals surface area contributed by atoms with Gasteiger partial charge in [0.05, 0.1) is 6.54 Å². The molecule has 0 heterocycles. The van der Waals surface area contributed by atoms with Gasteiger partial charge in [0.15, 0.2) is 12.6 Å². The number of benzene rings is 1. The highest BCUT2D eigenvalue weighted by atomic mass is 16.5. The molecule has 0 aliphatic carbocycles. The van der Waals surface area contributed by atoms with Crippen LogP contribution in [0.4, 0.5) is 0 Å². The lowest BCUT2D eigenvalue weighted by atomic mass is 10.2. The van der Waals surface area contributed by atoms with E-state index >= 15 is 0 Å². The maximum Gasteiger partial charge on any atom is 0.255 e. The minimum Gasteiger partial charge on any atom is -0.484 e. The maximum atomic E-state index is 10.8. The van der Waals surface area contributed by atoms with Gasteiger partial charge in [-0.05, 0) is 43.9 Å². The van der Waals surface area contributed by atoms with Crippen LogP contribution < -0.4 is 15.8 Å². The molecule has 0 aromatic heterocycles. The van der Waals surface area contributed by atoms with Crippen LogP contribution in [0.2, 0.25) is 0 Å². The molecule has 0 aliphatic heterocycles. The van der Waals surface area contributed by atoms with Crippen molar-refractivity contribution in [2.24, 2.45) is 10.7 Å². The maximum absolute atomic E-state index is 10.8. The lowest BCUT2D eigenvalue weighted by Crippen LogP contribution is -2.39. The lowest BCUT2D eigenvalue weighted by molar-refractivity contribution is -0.119. The number of nitrogens with zero attached hydrogens (tertiary/aromatic N) is 2. The number of carbonyl (C=O) groups excluding carboxylic acids is 1. The van der Waals surface area contributed by atoms with Gasteiger partial charge in [-0.2, -0.15) is 0 Å². The first kappa shape index (κ1) is 21.5. The van der Waals surface area contributed by atoms with Crippen LogP contribution in [0.5, 0.6) is 5.75 Å². The highest BCUT2D eigenvalue weighted by Gasteiger charge is 2.06. The molecule has 0 spiro atoms. The zero-order valence-corrected chi connectivity index (χ0v) is 16.0.